The molecule has 4 rings (SSSR count). The predicted molar refractivity (Wildman–Crippen MR) is 117 cm³/mol. The van der Waals surface area contributed by atoms with Gasteiger partial charge in [-0.05, 0) is 44.4 Å². The smallest absolute Gasteiger partial charge is 0.262 e. The number of nitrogens with one attached hydrogen (secondary N) is 2. The van der Waals surface area contributed by atoms with Crippen molar-refractivity contribution in [2.45, 2.75) is 44.7 Å². The van der Waals surface area contributed by atoms with Crippen molar-refractivity contribution in [2.75, 3.05) is 19.6 Å². The lowest BCUT2D eigenvalue weighted by Gasteiger charge is -2.30. The van der Waals surface area contributed by atoms with Gasteiger partial charge >= 0.3 is 0 Å². The van der Waals surface area contributed by atoms with Crippen LogP contribution in [0.25, 0.3) is 11.0 Å². The van der Waals surface area contributed by atoms with E-state index in [0.717, 1.165) is 22.4 Å². The van der Waals surface area contributed by atoms with Gasteiger partial charge in [-0.1, -0.05) is 6.07 Å². The molecule has 0 radical (unpaired) electrons. The van der Waals surface area contributed by atoms with E-state index in [1.807, 2.05) is 32.0 Å². The number of hydrogen-bond donors (Lipinski definition) is 2. The number of aromatic amines is 1. The van der Waals surface area contributed by atoms with Gasteiger partial charge in [0, 0.05) is 38.8 Å². The maximum Gasteiger partial charge on any atom is 0.262 e. The monoisotopic (exact) mass is 444 g/mol. The third kappa shape index (κ3) is 4.64. The molecule has 3 aromatic rings. The molecule has 0 saturated carbocycles. The van der Waals surface area contributed by atoms with Gasteiger partial charge < -0.3 is 14.9 Å². The molecule has 2 aromatic heterocycles. The summed E-state index contributed by atoms with van der Waals surface area (Å²) in [5.41, 5.74) is 3.06. The summed E-state index contributed by atoms with van der Waals surface area (Å²) in [6, 6.07) is 6.04. The number of fused-ring (bicyclic) bond motifs is 1. The number of H-pyrrole nitrogens is 1. The highest BCUT2D eigenvalue weighted by Crippen LogP contribution is 2.23. The molecule has 1 saturated heterocycles. The van der Waals surface area contributed by atoms with Crippen molar-refractivity contribution in [2.24, 2.45) is 5.92 Å². The van der Waals surface area contributed by atoms with Crippen LogP contribution in [-0.4, -0.2) is 57.8 Å². The van der Waals surface area contributed by atoms with Gasteiger partial charge in [-0.25, -0.2) is 18.4 Å². The van der Waals surface area contributed by atoms with Gasteiger partial charge in [-0.2, -0.15) is 4.31 Å². The van der Waals surface area contributed by atoms with Crippen LogP contribution < -0.4 is 5.32 Å². The van der Waals surface area contributed by atoms with Gasteiger partial charge in [-0.3, -0.25) is 4.79 Å². The molecule has 1 atom stereocenters. The molecule has 1 aliphatic heterocycles. The summed E-state index contributed by atoms with van der Waals surface area (Å²) in [6.45, 7) is 5.63. The summed E-state index contributed by atoms with van der Waals surface area (Å²) < 4.78 is 28.9. The number of imidazole rings is 2. The van der Waals surface area contributed by atoms with E-state index < -0.39 is 10.0 Å². The maximum atomic E-state index is 12.9. The van der Waals surface area contributed by atoms with Gasteiger partial charge in [-0.15, -0.1) is 0 Å². The van der Waals surface area contributed by atoms with Crippen LogP contribution in [0.2, 0.25) is 0 Å². The van der Waals surface area contributed by atoms with Gasteiger partial charge in [0.05, 0.1) is 23.3 Å². The summed E-state index contributed by atoms with van der Waals surface area (Å²) in [5, 5.41) is 2.98. The molecule has 1 amide bonds. The second-order valence-corrected chi connectivity index (χ2v) is 9.87. The lowest BCUT2D eigenvalue weighted by atomic mass is 9.99. The standard InChI is InChI=1S/C21H28N6O3S/c1-3-26-13-20(23-14-26)31(29,30)27-10-4-5-16(12-27)21(28)22-9-8-19-24-17-7-6-15(2)11-18(17)25-19/h6-7,11,13-14,16H,3-5,8-10,12H2,1-2H3,(H,22,28)(H,24,25). The molecule has 0 spiro atoms. The van der Waals surface area contributed by atoms with Crippen molar-refractivity contribution < 1.29 is 13.2 Å². The van der Waals surface area contributed by atoms with Gasteiger partial charge in [0.15, 0.2) is 5.03 Å². The Labute approximate surface area is 181 Å². The first-order valence-electron chi connectivity index (χ1n) is 10.6. The number of nitrogens with zero attached hydrogens (tertiary/aromatic N) is 4. The number of carbonyl (C=O) groups excluding carboxylic acids is 1. The quantitative estimate of drug-likeness (QED) is 0.577. The van der Waals surface area contributed by atoms with Crippen LogP contribution in [0.5, 0.6) is 0 Å². The fourth-order valence-corrected chi connectivity index (χ4v) is 5.36. The number of piperidine rings is 1. The topological polar surface area (TPSA) is 113 Å². The molecule has 10 heteroatoms. The lowest BCUT2D eigenvalue weighted by Crippen LogP contribution is -2.45. The molecular weight excluding hydrogens is 416 g/mol. The van der Waals surface area contributed by atoms with Crippen molar-refractivity contribution >= 4 is 27.0 Å². The van der Waals surface area contributed by atoms with Gasteiger partial charge in [0.1, 0.15) is 5.82 Å². The number of sulfonamides is 1. The maximum absolute atomic E-state index is 12.9. The normalized spacial score (nSPS) is 17.8. The average Bonchev–Trinajstić information content (AvgIpc) is 3.40. The zero-order chi connectivity index (χ0) is 22.0. The Morgan fingerprint density at radius 1 is 1.35 bits per heavy atom. The Kier molecular flexibility index (Phi) is 6.10. The minimum absolute atomic E-state index is 0.0375. The highest BCUT2D eigenvalue weighted by atomic mass is 32.2. The van der Waals surface area contributed by atoms with E-state index in [4.69, 9.17) is 0 Å². The average molecular weight is 445 g/mol. The van der Waals surface area contributed by atoms with Gasteiger partial charge in [0.2, 0.25) is 5.91 Å². The zero-order valence-corrected chi connectivity index (χ0v) is 18.7. The van der Waals surface area contributed by atoms with E-state index in [9.17, 15) is 13.2 Å². The Bertz CT molecular complexity index is 1180. The molecule has 9 nitrogen and oxygen atoms in total. The number of rotatable bonds is 7. The molecule has 3 heterocycles. The number of carbonyl (C=O) groups is 1. The summed E-state index contributed by atoms with van der Waals surface area (Å²) in [6.07, 6.45) is 4.96. The molecule has 0 aliphatic carbocycles. The van der Waals surface area contributed by atoms with Crippen LogP contribution in [0.1, 0.15) is 31.2 Å². The number of aryl methyl sites for hydroxylation is 2. The first kappa shape index (κ1) is 21.5. The Hall–Kier alpha value is -2.72. The third-order valence-electron chi connectivity index (χ3n) is 5.68. The fraction of sp³-hybridized carbons (Fsp3) is 0.476. The largest absolute Gasteiger partial charge is 0.355 e. The minimum atomic E-state index is -3.69. The van der Waals surface area contributed by atoms with Crippen LogP contribution >= 0.6 is 0 Å². The van der Waals surface area contributed by atoms with E-state index in [-0.39, 0.29) is 23.4 Å². The molecule has 1 fully saturated rings. The van der Waals surface area contributed by atoms with E-state index in [1.54, 1.807) is 4.57 Å². The molecule has 2 N–H and O–H groups in total. The van der Waals surface area contributed by atoms with Crippen LogP contribution in [0, 0.1) is 12.8 Å². The van der Waals surface area contributed by atoms with Crippen LogP contribution in [0.3, 0.4) is 0 Å². The molecule has 31 heavy (non-hydrogen) atoms. The first-order chi connectivity index (χ1) is 14.9. The van der Waals surface area contributed by atoms with Crippen molar-refractivity contribution in [3.8, 4) is 0 Å². The first-order valence-corrected chi connectivity index (χ1v) is 12.1. The van der Waals surface area contributed by atoms with E-state index in [2.05, 4.69) is 20.3 Å². The van der Waals surface area contributed by atoms with Crippen LogP contribution in [0.4, 0.5) is 0 Å². The molecule has 1 unspecified atom stereocenters. The fourth-order valence-electron chi connectivity index (χ4n) is 3.90. The molecule has 1 aliphatic rings. The molecule has 166 valence electrons. The predicted octanol–water partition coefficient (Wildman–Crippen LogP) is 1.85. The second-order valence-electron chi connectivity index (χ2n) is 7.99. The van der Waals surface area contributed by atoms with E-state index in [1.165, 1.54) is 16.8 Å². The third-order valence-corrected chi connectivity index (χ3v) is 7.43. The number of benzene rings is 1. The number of amides is 1. The van der Waals surface area contributed by atoms with E-state index in [0.29, 0.717) is 38.9 Å². The summed E-state index contributed by atoms with van der Waals surface area (Å²) >= 11 is 0. The highest BCUT2D eigenvalue weighted by molar-refractivity contribution is 7.89. The molecular formula is C21H28N6O3S. The Balaban J connectivity index is 1.33. The zero-order valence-electron chi connectivity index (χ0n) is 17.8. The SMILES string of the molecule is CCn1cnc(S(=O)(=O)N2CCCC(C(=O)NCCc3nc4ccc(C)cc4[nH]3)C2)c1. The van der Waals surface area contributed by atoms with E-state index >= 15 is 0 Å². The number of hydrogen-bond acceptors (Lipinski definition) is 5. The summed E-state index contributed by atoms with van der Waals surface area (Å²) in [5.74, 6) is 0.335. The minimum Gasteiger partial charge on any atom is -0.355 e. The Morgan fingerprint density at radius 2 is 2.19 bits per heavy atom. The summed E-state index contributed by atoms with van der Waals surface area (Å²) in [7, 11) is -3.69. The molecule has 1 aromatic carbocycles. The summed E-state index contributed by atoms with van der Waals surface area (Å²) in [4.78, 5) is 24.5. The van der Waals surface area contributed by atoms with Gasteiger partial charge in [0.25, 0.3) is 10.0 Å². The van der Waals surface area contributed by atoms with Crippen molar-refractivity contribution in [1.29, 1.82) is 0 Å². The van der Waals surface area contributed by atoms with Crippen molar-refractivity contribution in [3.63, 3.8) is 0 Å². The lowest BCUT2D eigenvalue weighted by molar-refractivity contribution is -0.126. The van der Waals surface area contributed by atoms with Crippen molar-refractivity contribution in [1.82, 2.24) is 29.1 Å². The number of aromatic nitrogens is 4. The highest BCUT2D eigenvalue weighted by Gasteiger charge is 2.34. The Morgan fingerprint density at radius 3 is 2.97 bits per heavy atom. The van der Waals surface area contributed by atoms with Crippen molar-refractivity contribution in [3.05, 3.63) is 42.1 Å². The molecule has 0 bridgehead atoms. The second kappa shape index (κ2) is 8.80. The van der Waals surface area contributed by atoms with Crippen LogP contribution in [0.15, 0.2) is 35.7 Å². The van der Waals surface area contributed by atoms with Crippen LogP contribution in [-0.2, 0) is 27.8 Å².